The Balaban J connectivity index is 2.08. The number of hydrogen-bond acceptors (Lipinski definition) is 3. The van der Waals surface area contributed by atoms with Crippen LogP contribution < -0.4 is 10.0 Å². The second-order valence-corrected chi connectivity index (χ2v) is 8.15. The van der Waals surface area contributed by atoms with Gasteiger partial charge in [0.1, 0.15) is 0 Å². The number of nitrogens with one attached hydrogen (secondary N) is 2. The first-order valence-electron chi connectivity index (χ1n) is 7.69. The fourth-order valence-electron chi connectivity index (χ4n) is 2.17. The number of sulfonamides is 1. The van der Waals surface area contributed by atoms with Crippen molar-refractivity contribution in [1.82, 2.24) is 10.0 Å². The number of benzene rings is 1. The molecular formula is C16H26N2O2S. The van der Waals surface area contributed by atoms with Crippen LogP contribution in [0.2, 0.25) is 0 Å². The van der Waals surface area contributed by atoms with Gasteiger partial charge in [0.15, 0.2) is 0 Å². The molecule has 0 aliphatic heterocycles. The Hall–Kier alpha value is -0.910. The van der Waals surface area contributed by atoms with Gasteiger partial charge in [0.25, 0.3) is 0 Å². The van der Waals surface area contributed by atoms with Crippen LogP contribution in [0, 0.1) is 5.41 Å². The van der Waals surface area contributed by atoms with Crippen LogP contribution in [0.25, 0.3) is 0 Å². The highest BCUT2D eigenvalue weighted by molar-refractivity contribution is 7.89. The van der Waals surface area contributed by atoms with Crippen molar-refractivity contribution >= 4 is 10.0 Å². The van der Waals surface area contributed by atoms with E-state index in [4.69, 9.17) is 0 Å². The Morgan fingerprint density at radius 3 is 2.67 bits per heavy atom. The second-order valence-electron chi connectivity index (χ2n) is 6.38. The summed E-state index contributed by atoms with van der Waals surface area (Å²) in [4.78, 5) is 0.356. The zero-order valence-electron chi connectivity index (χ0n) is 13.1. The predicted molar refractivity (Wildman–Crippen MR) is 85.7 cm³/mol. The molecule has 4 nitrogen and oxygen atoms in total. The van der Waals surface area contributed by atoms with E-state index in [0.717, 1.165) is 31.4 Å². The molecule has 0 radical (unpaired) electrons. The minimum atomic E-state index is -3.41. The molecule has 2 N–H and O–H groups in total. The number of hydrogen-bond donors (Lipinski definition) is 2. The van der Waals surface area contributed by atoms with Crippen LogP contribution >= 0.6 is 0 Å². The molecule has 21 heavy (non-hydrogen) atoms. The van der Waals surface area contributed by atoms with Crippen molar-refractivity contribution in [2.45, 2.75) is 51.0 Å². The van der Waals surface area contributed by atoms with Crippen LogP contribution in [-0.2, 0) is 10.0 Å². The first kappa shape index (κ1) is 16.5. The third-order valence-electron chi connectivity index (χ3n) is 4.16. The summed E-state index contributed by atoms with van der Waals surface area (Å²) in [5.74, 6) is 0. The lowest BCUT2D eigenvalue weighted by Gasteiger charge is -2.15. The predicted octanol–water partition coefficient (Wildman–Crippen LogP) is 2.83. The Morgan fingerprint density at radius 2 is 2.05 bits per heavy atom. The molecule has 1 fully saturated rings. The van der Waals surface area contributed by atoms with E-state index in [9.17, 15) is 8.42 Å². The lowest BCUT2D eigenvalue weighted by molar-refractivity contribution is 0.530. The standard InChI is InChI=1S/C16H26N2O2S/c1-4-10-17-13(2)14-6-5-7-15(11-14)21(19,20)18-12-16(3)8-9-16/h5-7,11,13,17-18H,4,8-10,12H2,1-3H3. The summed E-state index contributed by atoms with van der Waals surface area (Å²) in [6.45, 7) is 7.74. The fourth-order valence-corrected chi connectivity index (χ4v) is 3.43. The van der Waals surface area contributed by atoms with Crippen molar-refractivity contribution in [1.29, 1.82) is 0 Å². The molecule has 2 rings (SSSR count). The Kier molecular flexibility index (Phi) is 5.07. The van der Waals surface area contributed by atoms with Crippen LogP contribution in [0.15, 0.2) is 29.2 Å². The summed E-state index contributed by atoms with van der Waals surface area (Å²) in [5, 5.41) is 3.38. The van der Waals surface area contributed by atoms with E-state index < -0.39 is 10.0 Å². The second kappa shape index (κ2) is 6.46. The summed E-state index contributed by atoms with van der Waals surface area (Å²) in [5.41, 5.74) is 1.17. The molecule has 1 aliphatic carbocycles. The van der Waals surface area contributed by atoms with Crippen molar-refractivity contribution in [3.05, 3.63) is 29.8 Å². The Bertz CT molecular complexity index is 580. The van der Waals surface area contributed by atoms with Gasteiger partial charge in [0.05, 0.1) is 4.90 Å². The molecule has 5 heteroatoms. The maximum absolute atomic E-state index is 12.4. The van der Waals surface area contributed by atoms with Crippen molar-refractivity contribution in [3.63, 3.8) is 0 Å². The van der Waals surface area contributed by atoms with Crippen LogP contribution in [0.1, 0.15) is 51.6 Å². The largest absolute Gasteiger partial charge is 0.310 e. The quantitative estimate of drug-likeness (QED) is 0.776. The third-order valence-corrected chi connectivity index (χ3v) is 5.56. The molecule has 118 valence electrons. The average molecular weight is 310 g/mol. The molecule has 0 amide bonds. The van der Waals surface area contributed by atoms with Gasteiger partial charge in [-0.05, 0) is 55.8 Å². The fraction of sp³-hybridized carbons (Fsp3) is 0.625. The summed E-state index contributed by atoms with van der Waals surface area (Å²) < 4.78 is 27.5. The van der Waals surface area contributed by atoms with Gasteiger partial charge in [-0.15, -0.1) is 0 Å². The van der Waals surface area contributed by atoms with Gasteiger partial charge in [0.2, 0.25) is 10.0 Å². The topological polar surface area (TPSA) is 58.2 Å². The maximum Gasteiger partial charge on any atom is 0.240 e. The van der Waals surface area contributed by atoms with Gasteiger partial charge >= 0.3 is 0 Å². The van der Waals surface area contributed by atoms with Crippen molar-refractivity contribution in [3.8, 4) is 0 Å². The van der Waals surface area contributed by atoms with Gasteiger partial charge in [-0.2, -0.15) is 0 Å². The van der Waals surface area contributed by atoms with Gasteiger partial charge < -0.3 is 5.32 Å². The first-order valence-corrected chi connectivity index (χ1v) is 9.18. The van der Waals surface area contributed by atoms with Gasteiger partial charge in [-0.1, -0.05) is 26.0 Å². The SMILES string of the molecule is CCCNC(C)c1cccc(S(=O)(=O)NCC2(C)CC2)c1. The van der Waals surface area contributed by atoms with Gasteiger partial charge in [-0.3, -0.25) is 0 Å². The molecule has 0 heterocycles. The molecule has 1 aromatic rings. The number of rotatable bonds is 8. The van der Waals surface area contributed by atoms with E-state index in [-0.39, 0.29) is 11.5 Å². The molecule has 1 saturated carbocycles. The zero-order valence-corrected chi connectivity index (χ0v) is 14.0. The highest BCUT2D eigenvalue weighted by atomic mass is 32.2. The van der Waals surface area contributed by atoms with Crippen LogP contribution in [-0.4, -0.2) is 21.5 Å². The molecule has 1 aromatic carbocycles. The van der Waals surface area contributed by atoms with Crippen LogP contribution in [0.5, 0.6) is 0 Å². The van der Waals surface area contributed by atoms with Gasteiger partial charge in [-0.25, -0.2) is 13.1 Å². The lowest BCUT2D eigenvalue weighted by Crippen LogP contribution is -2.29. The van der Waals surface area contributed by atoms with E-state index in [2.05, 4.69) is 30.8 Å². The van der Waals surface area contributed by atoms with Crippen molar-refractivity contribution in [2.24, 2.45) is 5.41 Å². The normalized spacial score (nSPS) is 18.4. The highest BCUT2D eigenvalue weighted by Crippen LogP contribution is 2.44. The monoisotopic (exact) mass is 310 g/mol. The molecule has 1 atom stereocenters. The molecule has 1 unspecified atom stereocenters. The van der Waals surface area contributed by atoms with Gasteiger partial charge in [0, 0.05) is 12.6 Å². The summed E-state index contributed by atoms with van der Waals surface area (Å²) in [6, 6.07) is 7.36. The molecular weight excluding hydrogens is 284 g/mol. The average Bonchev–Trinajstić information content (AvgIpc) is 3.21. The lowest BCUT2D eigenvalue weighted by atomic mass is 10.1. The summed E-state index contributed by atoms with van der Waals surface area (Å²) in [6.07, 6.45) is 3.27. The summed E-state index contributed by atoms with van der Waals surface area (Å²) >= 11 is 0. The van der Waals surface area contributed by atoms with E-state index in [1.807, 2.05) is 12.1 Å². The first-order chi connectivity index (χ1) is 9.86. The maximum atomic E-state index is 12.4. The third kappa shape index (κ3) is 4.53. The van der Waals surface area contributed by atoms with E-state index in [1.165, 1.54) is 0 Å². The Labute approximate surface area is 128 Å². The molecule has 0 saturated heterocycles. The smallest absolute Gasteiger partial charge is 0.240 e. The van der Waals surface area contributed by atoms with Crippen molar-refractivity contribution in [2.75, 3.05) is 13.1 Å². The van der Waals surface area contributed by atoms with E-state index >= 15 is 0 Å². The Morgan fingerprint density at radius 1 is 1.33 bits per heavy atom. The molecule has 0 bridgehead atoms. The minimum Gasteiger partial charge on any atom is -0.310 e. The molecule has 0 spiro atoms. The van der Waals surface area contributed by atoms with Crippen LogP contribution in [0.4, 0.5) is 0 Å². The van der Waals surface area contributed by atoms with E-state index in [0.29, 0.717) is 11.4 Å². The van der Waals surface area contributed by atoms with E-state index in [1.54, 1.807) is 12.1 Å². The minimum absolute atomic E-state index is 0.154. The van der Waals surface area contributed by atoms with Crippen molar-refractivity contribution < 1.29 is 8.42 Å². The molecule has 0 aromatic heterocycles. The summed E-state index contributed by atoms with van der Waals surface area (Å²) in [7, 11) is -3.41. The van der Waals surface area contributed by atoms with Crippen LogP contribution in [0.3, 0.4) is 0 Å². The highest BCUT2D eigenvalue weighted by Gasteiger charge is 2.38. The zero-order chi connectivity index (χ0) is 15.5. The molecule has 1 aliphatic rings.